The number of benzene rings is 1. The number of amides is 2. The van der Waals surface area contributed by atoms with Crippen molar-refractivity contribution in [1.29, 1.82) is 0 Å². The van der Waals surface area contributed by atoms with Gasteiger partial charge < -0.3 is 10.6 Å². The summed E-state index contributed by atoms with van der Waals surface area (Å²) in [6.45, 7) is 2.84. The number of nitrogens with zero attached hydrogens (tertiary/aromatic N) is 1. The minimum Gasteiger partial charge on any atom is -0.345 e. The summed E-state index contributed by atoms with van der Waals surface area (Å²) in [7, 11) is -3.67. The molecule has 29 heavy (non-hydrogen) atoms. The van der Waals surface area contributed by atoms with Crippen LogP contribution >= 0.6 is 11.3 Å². The fourth-order valence-electron chi connectivity index (χ4n) is 3.77. The molecule has 0 aliphatic carbocycles. The van der Waals surface area contributed by atoms with Gasteiger partial charge in [-0.25, -0.2) is 8.42 Å². The summed E-state index contributed by atoms with van der Waals surface area (Å²) in [4.78, 5) is 24.7. The molecule has 0 radical (unpaired) electrons. The number of piperidine rings is 1. The van der Waals surface area contributed by atoms with E-state index in [0.717, 1.165) is 47.4 Å². The summed E-state index contributed by atoms with van der Waals surface area (Å²) in [5.41, 5.74) is 2.56. The molecule has 154 valence electrons. The topological polar surface area (TPSA) is 95.6 Å². The van der Waals surface area contributed by atoms with Gasteiger partial charge in [0.1, 0.15) is 9.77 Å². The highest BCUT2D eigenvalue weighted by Gasteiger charge is 2.31. The number of sulfonamides is 1. The fraction of sp³-hybridized carbons (Fsp3) is 0.400. The second-order valence-electron chi connectivity index (χ2n) is 7.42. The zero-order valence-corrected chi connectivity index (χ0v) is 17.7. The van der Waals surface area contributed by atoms with Crippen LogP contribution < -0.4 is 10.6 Å². The molecular weight excluding hydrogens is 410 g/mol. The second-order valence-corrected chi connectivity index (χ2v) is 10.2. The highest BCUT2D eigenvalue weighted by Crippen LogP contribution is 2.29. The molecule has 2 aliphatic heterocycles. The molecule has 2 amide bonds. The van der Waals surface area contributed by atoms with Crippen LogP contribution in [0.5, 0.6) is 0 Å². The molecule has 2 aliphatic rings. The Morgan fingerprint density at radius 1 is 1.21 bits per heavy atom. The van der Waals surface area contributed by atoms with Crippen molar-refractivity contribution in [2.24, 2.45) is 0 Å². The minimum absolute atomic E-state index is 0.0417. The molecule has 1 aromatic carbocycles. The first-order valence-electron chi connectivity index (χ1n) is 9.67. The third-order valence-corrected chi connectivity index (χ3v) is 8.35. The van der Waals surface area contributed by atoms with Gasteiger partial charge in [0.25, 0.3) is 5.91 Å². The van der Waals surface area contributed by atoms with Crippen molar-refractivity contribution in [2.75, 3.05) is 18.4 Å². The number of fused-ring (bicyclic) bond motifs is 1. The number of hydrogen-bond donors (Lipinski definition) is 2. The van der Waals surface area contributed by atoms with E-state index in [1.54, 1.807) is 5.38 Å². The lowest BCUT2D eigenvalue weighted by atomic mass is 10.0. The normalized spacial score (nSPS) is 18.2. The third-order valence-electron chi connectivity index (χ3n) is 5.37. The Morgan fingerprint density at radius 3 is 2.72 bits per heavy atom. The number of carbonyl (C=O) groups is 2. The Kier molecular flexibility index (Phi) is 5.46. The van der Waals surface area contributed by atoms with E-state index in [4.69, 9.17) is 0 Å². The summed E-state index contributed by atoms with van der Waals surface area (Å²) in [5.74, 6) is -0.447. The van der Waals surface area contributed by atoms with Gasteiger partial charge in [0.15, 0.2) is 0 Å². The number of carbonyl (C=O) groups excluding carboxylic acids is 2. The molecule has 7 nitrogen and oxygen atoms in total. The van der Waals surface area contributed by atoms with Crippen LogP contribution in [-0.4, -0.2) is 37.6 Å². The van der Waals surface area contributed by atoms with Crippen LogP contribution in [0.3, 0.4) is 0 Å². The minimum atomic E-state index is -3.67. The van der Waals surface area contributed by atoms with Gasteiger partial charge in [-0.15, -0.1) is 11.3 Å². The van der Waals surface area contributed by atoms with E-state index in [1.165, 1.54) is 10.4 Å². The lowest BCUT2D eigenvalue weighted by Crippen LogP contribution is -2.36. The van der Waals surface area contributed by atoms with Gasteiger partial charge in [-0.3, -0.25) is 9.59 Å². The summed E-state index contributed by atoms with van der Waals surface area (Å²) >= 11 is 1.13. The largest absolute Gasteiger partial charge is 0.345 e. The Morgan fingerprint density at radius 2 is 1.97 bits per heavy atom. The molecule has 3 heterocycles. The van der Waals surface area contributed by atoms with Gasteiger partial charge in [0.05, 0.1) is 12.5 Å². The third kappa shape index (κ3) is 3.94. The molecule has 1 atom stereocenters. The van der Waals surface area contributed by atoms with Crippen LogP contribution in [0.15, 0.2) is 34.5 Å². The molecule has 0 bridgehead atoms. The number of nitrogens with one attached hydrogen (secondary N) is 2. The standard InChI is InChI=1S/C20H23N3O4S2/c1-13(14-5-6-16-15(11-14)12-18(24)22-16)21-20(25)19-17(7-10-28-19)29(26,27)23-8-3-2-4-9-23/h5-7,10-11,13H,2-4,8-9,12H2,1H3,(H,21,25)(H,22,24)/t13-/m0/s1. The summed E-state index contributed by atoms with van der Waals surface area (Å²) < 4.78 is 27.5. The molecule has 0 unspecified atom stereocenters. The maximum atomic E-state index is 13.0. The first-order valence-corrected chi connectivity index (χ1v) is 12.0. The van der Waals surface area contributed by atoms with Crippen LogP contribution in [0.4, 0.5) is 5.69 Å². The molecule has 2 N–H and O–H groups in total. The van der Waals surface area contributed by atoms with Crippen LogP contribution in [0, 0.1) is 0 Å². The predicted octanol–water partition coefficient (Wildman–Crippen LogP) is 2.91. The van der Waals surface area contributed by atoms with E-state index in [9.17, 15) is 18.0 Å². The Hall–Kier alpha value is -2.23. The maximum absolute atomic E-state index is 13.0. The summed E-state index contributed by atoms with van der Waals surface area (Å²) in [6.07, 6.45) is 3.05. The van der Waals surface area contributed by atoms with E-state index < -0.39 is 15.9 Å². The lowest BCUT2D eigenvalue weighted by molar-refractivity contribution is -0.115. The van der Waals surface area contributed by atoms with Crippen LogP contribution in [-0.2, 0) is 21.2 Å². The smallest absolute Gasteiger partial charge is 0.263 e. The van der Waals surface area contributed by atoms with Crippen molar-refractivity contribution in [3.05, 3.63) is 45.6 Å². The van der Waals surface area contributed by atoms with E-state index in [1.807, 2.05) is 25.1 Å². The van der Waals surface area contributed by atoms with Gasteiger partial charge in [-0.1, -0.05) is 18.6 Å². The first kappa shape index (κ1) is 20.1. The molecule has 9 heteroatoms. The molecular formula is C20H23N3O4S2. The van der Waals surface area contributed by atoms with Gasteiger partial charge >= 0.3 is 0 Å². The average molecular weight is 434 g/mol. The quantitative estimate of drug-likeness (QED) is 0.758. The van der Waals surface area contributed by atoms with Crippen LogP contribution in [0.1, 0.15) is 53.0 Å². The summed E-state index contributed by atoms with van der Waals surface area (Å²) in [6, 6.07) is 6.78. The molecule has 1 fully saturated rings. The van der Waals surface area contributed by atoms with Crippen molar-refractivity contribution in [3.8, 4) is 0 Å². The van der Waals surface area contributed by atoms with Crippen molar-refractivity contribution < 1.29 is 18.0 Å². The van der Waals surface area contributed by atoms with Crippen LogP contribution in [0.2, 0.25) is 0 Å². The number of rotatable bonds is 5. The Bertz CT molecular complexity index is 1060. The second kappa shape index (κ2) is 7.89. The Balaban J connectivity index is 1.52. The highest BCUT2D eigenvalue weighted by atomic mass is 32.2. The lowest BCUT2D eigenvalue weighted by Gasteiger charge is -2.26. The zero-order valence-electron chi connectivity index (χ0n) is 16.1. The average Bonchev–Trinajstić information content (AvgIpc) is 3.34. The van der Waals surface area contributed by atoms with Gasteiger partial charge in [-0.2, -0.15) is 4.31 Å². The van der Waals surface area contributed by atoms with Crippen molar-refractivity contribution in [2.45, 2.75) is 43.5 Å². The molecule has 2 aromatic rings. The Labute approximate surface area is 174 Å². The van der Waals surface area contributed by atoms with Crippen molar-refractivity contribution in [1.82, 2.24) is 9.62 Å². The molecule has 0 saturated carbocycles. The van der Waals surface area contributed by atoms with Gasteiger partial charge in [0, 0.05) is 18.8 Å². The van der Waals surface area contributed by atoms with Gasteiger partial charge in [0.2, 0.25) is 15.9 Å². The maximum Gasteiger partial charge on any atom is 0.263 e. The van der Waals surface area contributed by atoms with Crippen molar-refractivity contribution in [3.63, 3.8) is 0 Å². The van der Waals surface area contributed by atoms with E-state index >= 15 is 0 Å². The monoisotopic (exact) mass is 433 g/mol. The van der Waals surface area contributed by atoms with Gasteiger partial charge in [-0.05, 0) is 48.4 Å². The number of hydrogen-bond acceptors (Lipinski definition) is 5. The van der Waals surface area contributed by atoms with Crippen LogP contribution in [0.25, 0.3) is 0 Å². The van der Waals surface area contributed by atoms with E-state index in [0.29, 0.717) is 19.5 Å². The molecule has 4 rings (SSSR count). The number of thiophene rings is 1. The summed E-state index contributed by atoms with van der Waals surface area (Å²) in [5, 5.41) is 7.33. The molecule has 1 saturated heterocycles. The zero-order chi connectivity index (χ0) is 20.6. The van der Waals surface area contributed by atoms with Crippen molar-refractivity contribution >= 4 is 38.9 Å². The highest BCUT2D eigenvalue weighted by molar-refractivity contribution is 7.89. The SMILES string of the molecule is C[C@H](NC(=O)c1sccc1S(=O)(=O)N1CCCCC1)c1ccc2c(c1)CC(=O)N2. The predicted molar refractivity (Wildman–Crippen MR) is 112 cm³/mol. The fourth-order valence-corrected chi connectivity index (χ4v) is 6.60. The van der Waals surface area contributed by atoms with E-state index in [-0.39, 0.29) is 21.7 Å². The van der Waals surface area contributed by atoms with E-state index in [2.05, 4.69) is 10.6 Å². The molecule has 1 aromatic heterocycles. The number of anilines is 1. The molecule has 0 spiro atoms. The first-order chi connectivity index (χ1) is 13.9.